The lowest BCUT2D eigenvalue weighted by Crippen LogP contribution is -2.54. The van der Waals surface area contributed by atoms with Crippen LogP contribution in [0.2, 0.25) is 0 Å². The van der Waals surface area contributed by atoms with Crippen LogP contribution in [0, 0.1) is 6.92 Å². The lowest BCUT2D eigenvalue weighted by molar-refractivity contribution is -0.122. The maximum absolute atomic E-state index is 13.0. The van der Waals surface area contributed by atoms with E-state index in [0.717, 1.165) is 26.8 Å². The van der Waals surface area contributed by atoms with Crippen LogP contribution in [-0.4, -0.2) is 17.8 Å². The number of anilines is 1. The molecule has 0 unspecified atom stereocenters. The van der Waals surface area contributed by atoms with Crippen LogP contribution in [0.4, 0.5) is 10.5 Å². The normalized spacial score (nSPS) is 14.9. The first kappa shape index (κ1) is 22.1. The van der Waals surface area contributed by atoms with E-state index in [1.165, 1.54) is 6.08 Å². The number of carbonyl (C=O) groups is 3. The summed E-state index contributed by atoms with van der Waals surface area (Å²) in [5.74, 6) is -0.727. The van der Waals surface area contributed by atoms with Gasteiger partial charge in [0, 0.05) is 0 Å². The molecule has 6 nitrogen and oxygen atoms in total. The SMILES string of the molecule is Cc1ccc(N2C(=O)NC(=O)/C(=C\c3ccc(OCc4cccc5ccccc45)cc3)C2=O)cc1. The zero-order valence-corrected chi connectivity index (χ0v) is 19.0. The number of amides is 4. The smallest absolute Gasteiger partial charge is 0.335 e. The Hall–Kier alpha value is -4.71. The Labute approximate surface area is 202 Å². The van der Waals surface area contributed by atoms with Crippen molar-refractivity contribution in [3.63, 3.8) is 0 Å². The van der Waals surface area contributed by atoms with Crippen LogP contribution in [0.1, 0.15) is 16.7 Å². The number of imide groups is 2. The molecule has 1 aliphatic heterocycles. The number of ether oxygens (including phenoxy) is 1. The van der Waals surface area contributed by atoms with E-state index in [1.54, 1.807) is 48.5 Å². The standard InChI is InChI=1S/C29H22N2O4/c1-19-9-13-23(14-10-19)31-28(33)26(27(32)30-29(31)34)17-20-11-15-24(16-12-20)35-18-22-7-4-6-21-5-2-3-8-25(21)22/h2-17H,18H2,1H3,(H,30,32,34)/b26-17+. The first-order valence-corrected chi connectivity index (χ1v) is 11.2. The molecule has 0 atom stereocenters. The summed E-state index contributed by atoms with van der Waals surface area (Å²) in [5, 5.41) is 4.54. The number of benzene rings is 4. The number of rotatable bonds is 5. The van der Waals surface area contributed by atoms with E-state index in [9.17, 15) is 14.4 Å². The van der Waals surface area contributed by atoms with Crippen molar-refractivity contribution in [1.82, 2.24) is 5.32 Å². The predicted molar refractivity (Wildman–Crippen MR) is 135 cm³/mol. The van der Waals surface area contributed by atoms with Gasteiger partial charge in [0.2, 0.25) is 0 Å². The van der Waals surface area contributed by atoms with E-state index in [0.29, 0.717) is 23.6 Å². The van der Waals surface area contributed by atoms with Gasteiger partial charge in [-0.15, -0.1) is 0 Å². The molecule has 4 aromatic rings. The van der Waals surface area contributed by atoms with Crippen LogP contribution in [0.5, 0.6) is 5.75 Å². The molecule has 0 aromatic heterocycles. The molecule has 1 heterocycles. The summed E-state index contributed by atoms with van der Waals surface area (Å²) in [7, 11) is 0. The monoisotopic (exact) mass is 462 g/mol. The zero-order chi connectivity index (χ0) is 24.4. The Morgan fingerprint density at radius 2 is 1.54 bits per heavy atom. The van der Waals surface area contributed by atoms with Crippen LogP contribution in [0.25, 0.3) is 16.8 Å². The molecule has 5 rings (SSSR count). The average Bonchev–Trinajstić information content (AvgIpc) is 2.87. The Morgan fingerprint density at radius 3 is 2.31 bits per heavy atom. The summed E-state index contributed by atoms with van der Waals surface area (Å²) in [4.78, 5) is 38.7. The minimum atomic E-state index is -0.766. The highest BCUT2D eigenvalue weighted by Gasteiger charge is 2.36. The minimum Gasteiger partial charge on any atom is -0.489 e. The lowest BCUT2D eigenvalue weighted by Gasteiger charge is -2.26. The van der Waals surface area contributed by atoms with Crippen molar-refractivity contribution in [1.29, 1.82) is 0 Å². The third kappa shape index (κ3) is 4.54. The maximum Gasteiger partial charge on any atom is 0.335 e. The Bertz CT molecular complexity index is 1470. The minimum absolute atomic E-state index is 0.116. The predicted octanol–water partition coefficient (Wildman–Crippen LogP) is 5.39. The van der Waals surface area contributed by atoms with Gasteiger partial charge in [0.1, 0.15) is 17.9 Å². The van der Waals surface area contributed by atoms with Crippen LogP contribution < -0.4 is 15.0 Å². The molecule has 4 amide bonds. The largest absolute Gasteiger partial charge is 0.489 e. The van der Waals surface area contributed by atoms with Crippen molar-refractivity contribution in [2.75, 3.05) is 4.90 Å². The number of carbonyl (C=O) groups excluding carboxylic acids is 3. The van der Waals surface area contributed by atoms with Crippen molar-refractivity contribution >= 4 is 40.4 Å². The molecule has 1 fully saturated rings. The number of fused-ring (bicyclic) bond motifs is 1. The fraction of sp³-hybridized carbons (Fsp3) is 0.0690. The van der Waals surface area contributed by atoms with Gasteiger partial charge in [-0.1, -0.05) is 72.3 Å². The van der Waals surface area contributed by atoms with Crippen molar-refractivity contribution in [2.45, 2.75) is 13.5 Å². The first-order valence-electron chi connectivity index (χ1n) is 11.2. The van der Waals surface area contributed by atoms with Crippen molar-refractivity contribution in [3.05, 3.63) is 113 Å². The second-order valence-electron chi connectivity index (χ2n) is 8.29. The van der Waals surface area contributed by atoms with Crippen LogP contribution in [0.3, 0.4) is 0 Å². The van der Waals surface area contributed by atoms with Gasteiger partial charge in [0.05, 0.1) is 5.69 Å². The molecule has 0 bridgehead atoms. The van der Waals surface area contributed by atoms with E-state index >= 15 is 0 Å². The summed E-state index contributed by atoms with van der Waals surface area (Å²) in [6, 6.07) is 27.5. The van der Waals surface area contributed by atoms with Crippen LogP contribution in [-0.2, 0) is 16.2 Å². The third-order valence-electron chi connectivity index (χ3n) is 5.86. The first-order chi connectivity index (χ1) is 17.0. The Morgan fingerprint density at radius 1 is 0.829 bits per heavy atom. The molecule has 1 saturated heterocycles. The van der Waals surface area contributed by atoms with Crippen LogP contribution in [0.15, 0.2) is 96.6 Å². The highest BCUT2D eigenvalue weighted by atomic mass is 16.5. The summed E-state index contributed by atoms with van der Waals surface area (Å²) < 4.78 is 5.97. The number of aryl methyl sites for hydroxylation is 1. The van der Waals surface area contributed by atoms with Gasteiger partial charge in [-0.2, -0.15) is 0 Å². The number of urea groups is 1. The van der Waals surface area contributed by atoms with Gasteiger partial charge in [0.15, 0.2) is 0 Å². The molecular formula is C29H22N2O4. The zero-order valence-electron chi connectivity index (χ0n) is 19.0. The highest BCUT2D eigenvalue weighted by molar-refractivity contribution is 6.39. The summed E-state index contributed by atoms with van der Waals surface area (Å²) in [6.45, 7) is 2.32. The van der Waals surface area contributed by atoms with E-state index in [-0.39, 0.29) is 5.57 Å². The third-order valence-corrected chi connectivity index (χ3v) is 5.86. The fourth-order valence-corrected chi connectivity index (χ4v) is 3.99. The molecular weight excluding hydrogens is 440 g/mol. The molecule has 35 heavy (non-hydrogen) atoms. The highest BCUT2D eigenvalue weighted by Crippen LogP contribution is 2.24. The van der Waals surface area contributed by atoms with Crippen molar-refractivity contribution in [3.8, 4) is 5.75 Å². The second kappa shape index (κ2) is 9.27. The van der Waals surface area contributed by atoms with Gasteiger partial charge >= 0.3 is 6.03 Å². The molecule has 0 spiro atoms. The van der Waals surface area contributed by atoms with Crippen LogP contribution >= 0.6 is 0 Å². The van der Waals surface area contributed by atoms with Gasteiger partial charge in [-0.3, -0.25) is 14.9 Å². The van der Waals surface area contributed by atoms with Gasteiger partial charge in [0.25, 0.3) is 11.8 Å². The fourth-order valence-electron chi connectivity index (χ4n) is 3.99. The molecule has 0 saturated carbocycles. The molecule has 1 aliphatic rings. The number of nitrogens with zero attached hydrogens (tertiary/aromatic N) is 1. The number of hydrogen-bond donors (Lipinski definition) is 1. The summed E-state index contributed by atoms with van der Waals surface area (Å²) >= 11 is 0. The lowest BCUT2D eigenvalue weighted by atomic mass is 10.1. The summed E-state index contributed by atoms with van der Waals surface area (Å²) in [5.41, 5.74) is 3.00. The van der Waals surface area contributed by atoms with E-state index in [4.69, 9.17) is 4.74 Å². The maximum atomic E-state index is 13.0. The average molecular weight is 463 g/mol. The van der Waals surface area contributed by atoms with Crippen molar-refractivity contribution < 1.29 is 19.1 Å². The summed E-state index contributed by atoms with van der Waals surface area (Å²) in [6.07, 6.45) is 1.47. The van der Waals surface area contributed by atoms with E-state index in [1.807, 2.05) is 31.2 Å². The topological polar surface area (TPSA) is 75.7 Å². The van der Waals surface area contributed by atoms with E-state index in [2.05, 4.69) is 23.5 Å². The number of nitrogens with one attached hydrogen (secondary N) is 1. The van der Waals surface area contributed by atoms with Gasteiger partial charge in [-0.05, 0) is 59.2 Å². The molecule has 172 valence electrons. The second-order valence-corrected chi connectivity index (χ2v) is 8.29. The molecule has 4 aromatic carbocycles. The quantitative estimate of drug-likeness (QED) is 0.319. The Kier molecular flexibility index (Phi) is 5.85. The molecule has 0 aliphatic carbocycles. The number of hydrogen-bond acceptors (Lipinski definition) is 4. The number of barbiturate groups is 1. The molecule has 1 N–H and O–H groups in total. The Balaban J connectivity index is 1.33. The van der Waals surface area contributed by atoms with Gasteiger partial charge in [-0.25, -0.2) is 9.69 Å². The van der Waals surface area contributed by atoms with Gasteiger partial charge < -0.3 is 4.74 Å². The van der Waals surface area contributed by atoms with E-state index < -0.39 is 17.8 Å². The van der Waals surface area contributed by atoms with Crippen molar-refractivity contribution in [2.24, 2.45) is 0 Å². The molecule has 6 heteroatoms. The molecule has 0 radical (unpaired) electrons.